The van der Waals surface area contributed by atoms with Crippen LogP contribution in [0.4, 0.5) is 0 Å². The number of hydrogen-bond acceptors (Lipinski definition) is 3. The minimum Gasteiger partial charge on any atom is -0.508 e. The summed E-state index contributed by atoms with van der Waals surface area (Å²) in [6.45, 7) is 23.4. The lowest BCUT2D eigenvalue weighted by Gasteiger charge is -2.34. The monoisotopic (exact) mass is 741 g/mol. The van der Waals surface area contributed by atoms with Crippen molar-refractivity contribution in [3.8, 4) is 35.7 Å². The Kier molecular flexibility index (Phi) is 16.3. The van der Waals surface area contributed by atoms with Crippen LogP contribution in [0.25, 0.3) is 0 Å². The largest absolute Gasteiger partial charge is 0.508 e. The maximum atomic E-state index is 10.7. The summed E-state index contributed by atoms with van der Waals surface area (Å²) in [5.41, 5.74) is 10.7. The molecule has 0 amide bonds. The maximum absolute atomic E-state index is 10.7. The van der Waals surface area contributed by atoms with Crippen LogP contribution in [-0.2, 0) is 10.8 Å². The molecule has 0 saturated carbocycles. The van der Waals surface area contributed by atoms with Crippen LogP contribution in [0.5, 0.6) is 11.5 Å². The van der Waals surface area contributed by atoms with Crippen molar-refractivity contribution in [1.82, 2.24) is 0 Å². The molecule has 294 valence electrons. The van der Waals surface area contributed by atoms with Crippen molar-refractivity contribution >= 4 is 0 Å². The number of aliphatic hydroxyl groups excluding tert-OH is 1. The second-order valence-electron chi connectivity index (χ2n) is 16.3. The average molecular weight is 741 g/mol. The lowest BCUT2D eigenvalue weighted by Crippen LogP contribution is -2.28. The third kappa shape index (κ3) is 10.5. The molecule has 0 fully saturated rings. The van der Waals surface area contributed by atoms with Gasteiger partial charge in [0.25, 0.3) is 0 Å². The summed E-state index contributed by atoms with van der Waals surface area (Å²) in [5.74, 6) is 9.81. The Bertz CT molecular complexity index is 1970. The quantitative estimate of drug-likeness (QED) is 0.0891. The Labute approximate surface area is 334 Å². The molecule has 4 aromatic rings. The molecule has 0 heterocycles. The number of phenols is 2. The van der Waals surface area contributed by atoms with Gasteiger partial charge in [0.15, 0.2) is 0 Å². The molecule has 0 aromatic heterocycles. The predicted molar refractivity (Wildman–Crippen MR) is 234 cm³/mol. The molecule has 1 atom stereocenters. The fourth-order valence-electron chi connectivity index (χ4n) is 8.08. The Hall–Kier alpha value is -4.44. The summed E-state index contributed by atoms with van der Waals surface area (Å²) < 4.78 is 0. The number of terminal acetylenes is 1. The molecule has 3 N–H and O–H groups in total. The van der Waals surface area contributed by atoms with Crippen LogP contribution in [0.15, 0.2) is 72.8 Å². The zero-order chi connectivity index (χ0) is 41.0. The van der Waals surface area contributed by atoms with E-state index in [2.05, 4.69) is 129 Å². The number of rotatable bonds is 14. The van der Waals surface area contributed by atoms with E-state index in [0.717, 1.165) is 71.9 Å². The first-order chi connectivity index (χ1) is 26.1. The number of aromatic hydroxyl groups is 2. The third-order valence-corrected chi connectivity index (χ3v) is 12.4. The number of benzene rings is 4. The van der Waals surface area contributed by atoms with Gasteiger partial charge in [0.1, 0.15) is 17.6 Å². The van der Waals surface area contributed by atoms with Crippen molar-refractivity contribution in [1.29, 1.82) is 0 Å². The number of aliphatic hydroxyl groups is 1. The van der Waals surface area contributed by atoms with E-state index in [1.807, 2.05) is 32.0 Å². The fraction of sp³-hybridized carbons (Fsp3) is 0.462. The third-order valence-electron chi connectivity index (χ3n) is 12.4. The van der Waals surface area contributed by atoms with Crippen LogP contribution in [-0.4, -0.2) is 21.4 Å². The van der Waals surface area contributed by atoms with Crippen LogP contribution in [0.3, 0.4) is 0 Å². The van der Waals surface area contributed by atoms with Crippen LogP contribution in [0, 0.1) is 57.3 Å². The molecule has 4 aromatic carbocycles. The van der Waals surface area contributed by atoms with Gasteiger partial charge >= 0.3 is 0 Å². The molecule has 0 aliphatic rings. The van der Waals surface area contributed by atoms with Crippen molar-refractivity contribution < 1.29 is 15.3 Å². The molecular weight excluding hydrogens is 673 g/mol. The van der Waals surface area contributed by atoms with Crippen molar-refractivity contribution in [2.45, 2.75) is 151 Å². The molecule has 55 heavy (non-hydrogen) atoms. The van der Waals surface area contributed by atoms with E-state index in [0.29, 0.717) is 11.5 Å². The standard InChI is InChI=1S/C31H44O2.C21H24O/c1-8-11-12-13-20-30(6,7)29(33)19-15-25-14-16-26(21-23(25)4)31(9-2,10-3)27-17-18-28(32)24(5)22-27;1-6-17-9-10-18(13-15(17)4)21(7-2,8-3)19-11-12-20(22)16(5)14-19/h14,16-18,21-22,29,32-33H,8-13,20H2,1-7H3;1,9-14,22H,7-8H2,2-5H3. The molecule has 0 saturated heterocycles. The molecule has 0 spiro atoms. The molecule has 3 heteroatoms. The first-order valence-corrected chi connectivity index (χ1v) is 20.6. The summed E-state index contributed by atoms with van der Waals surface area (Å²) in [7, 11) is 0. The predicted octanol–water partition coefficient (Wildman–Crippen LogP) is 12.9. The highest BCUT2D eigenvalue weighted by atomic mass is 16.3. The number of hydrogen-bond donors (Lipinski definition) is 3. The molecule has 3 nitrogen and oxygen atoms in total. The number of unbranched alkanes of at least 4 members (excludes halogenated alkanes) is 3. The van der Waals surface area contributed by atoms with Gasteiger partial charge in [-0.1, -0.05) is 140 Å². The molecule has 0 bridgehead atoms. The molecule has 0 aliphatic heterocycles. The second kappa shape index (κ2) is 19.9. The Morgan fingerprint density at radius 3 is 1.33 bits per heavy atom. The molecular formula is C52H68O3. The van der Waals surface area contributed by atoms with Gasteiger partial charge in [0.2, 0.25) is 0 Å². The van der Waals surface area contributed by atoms with E-state index in [4.69, 9.17) is 6.42 Å². The van der Waals surface area contributed by atoms with Gasteiger partial charge in [-0.15, -0.1) is 6.42 Å². The first-order valence-electron chi connectivity index (χ1n) is 20.6. The maximum Gasteiger partial charge on any atom is 0.120 e. The Morgan fingerprint density at radius 1 is 0.564 bits per heavy atom. The van der Waals surface area contributed by atoms with Crippen LogP contribution in [0.1, 0.15) is 162 Å². The zero-order valence-electron chi connectivity index (χ0n) is 35.8. The SMILES string of the molecule is C#Cc1ccc(C(CC)(CC)c2ccc(O)c(C)c2)cc1C.CCCCCCC(C)(C)C(O)C#Cc1ccc(C(CC)(CC)c2ccc(O)c(C)c2)cc1C. The van der Waals surface area contributed by atoms with Crippen LogP contribution < -0.4 is 0 Å². The van der Waals surface area contributed by atoms with Crippen LogP contribution >= 0.6 is 0 Å². The highest BCUT2D eigenvalue weighted by Gasteiger charge is 2.33. The lowest BCUT2D eigenvalue weighted by atomic mass is 9.70. The van der Waals surface area contributed by atoms with E-state index in [9.17, 15) is 15.3 Å². The normalized spacial score (nSPS) is 12.2. The minimum atomic E-state index is -0.636. The van der Waals surface area contributed by atoms with E-state index in [1.54, 1.807) is 6.07 Å². The molecule has 1 unspecified atom stereocenters. The first kappa shape index (κ1) is 45.0. The smallest absolute Gasteiger partial charge is 0.120 e. The average Bonchev–Trinajstić information content (AvgIpc) is 3.17. The summed E-state index contributed by atoms with van der Waals surface area (Å²) in [6, 6.07) is 24.9. The van der Waals surface area contributed by atoms with Crippen LogP contribution in [0.2, 0.25) is 0 Å². The van der Waals surface area contributed by atoms with Crippen molar-refractivity contribution in [2.75, 3.05) is 0 Å². The van der Waals surface area contributed by atoms with E-state index in [1.165, 1.54) is 41.5 Å². The number of aryl methyl sites for hydroxylation is 4. The highest BCUT2D eigenvalue weighted by molar-refractivity contribution is 5.51. The zero-order valence-corrected chi connectivity index (χ0v) is 35.8. The highest BCUT2D eigenvalue weighted by Crippen LogP contribution is 2.42. The number of phenolic OH excluding ortho intramolecular Hbond substituents is 2. The van der Waals surface area contributed by atoms with Gasteiger partial charge in [0, 0.05) is 27.4 Å². The van der Waals surface area contributed by atoms with Gasteiger partial charge in [-0.05, 0) is 129 Å². The van der Waals surface area contributed by atoms with Gasteiger partial charge in [0.05, 0.1) is 0 Å². The minimum absolute atomic E-state index is 0.0453. The lowest BCUT2D eigenvalue weighted by molar-refractivity contribution is 0.0889. The van der Waals surface area contributed by atoms with Gasteiger partial charge < -0.3 is 15.3 Å². The molecule has 0 radical (unpaired) electrons. The van der Waals surface area contributed by atoms with E-state index in [-0.39, 0.29) is 16.2 Å². The second-order valence-corrected chi connectivity index (χ2v) is 16.3. The summed E-state index contributed by atoms with van der Waals surface area (Å²) in [6.07, 6.45) is 14.7. The summed E-state index contributed by atoms with van der Waals surface area (Å²) in [5, 5.41) is 30.6. The topological polar surface area (TPSA) is 60.7 Å². The van der Waals surface area contributed by atoms with E-state index >= 15 is 0 Å². The Balaban J connectivity index is 0.000000320. The van der Waals surface area contributed by atoms with Gasteiger partial charge in [-0.25, -0.2) is 0 Å². The fourth-order valence-corrected chi connectivity index (χ4v) is 8.08. The molecule has 4 rings (SSSR count). The summed E-state index contributed by atoms with van der Waals surface area (Å²) in [4.78, 5) is 0. The Morgan fingerprint density at radius 2 is 0.964 bits per heavy atom. The van der Waals surface area contributed by atoms with E-state index < -0.39 is 6.10 Å². The van der Waals surface area contributed by atoms with Crippen molar-refractivity contribution in [3.05, 3.63) is 128 Å². The van der Waals surface area contributed by atoms with Crippen molar-refractivity contribution in [2.24, 2.45) is 5.41 Å². The van der Waals surface area contributed by atoms with Gasteiger partial charge in [-0.2, -0.15) is 0 Å². The van der Waals surface area contributed by atoms with Crippen molar-refractivity contribution in [3.63, 3.8) is 0 Å². The molecule has 0 aliphatic carbocycles. The summed E-state index contributed by atoms with van der Waals surface area (Å²) >= 11 is 0. The van der Waals surface area contributed by atoms with Gasteiger partial charge in [-0.3, -0.25) is 0 Å².